The van der Waals surface area contributed by atoms with Crippen molar-refractivity contribution in [2.45, 2.75) is 0 Å². The topological polar surface area (TPSA) is 55.4 Å². The van der Waals surface area contributed by atoms with Crippen LogP contribution in [-0.2, 0) is 11.0 Å². The van der Waals surface area contributed by atoms with Crippen LogP contribution in [0, 0.1) is 0 Å². The number of hydrogen-bond donors (Lipinski definition) is 2. The van der Waals surface area contributed by atoms with Gasteiger partial charge in [-0.3, -0.25) is 0 Å². The summed E-state index contributed by atoms with van der Waals surface area (Å²) in [6, 6.07) is 10.9. The van der Waals surface area contributed by atoms with Crippen LogP contribution < -0.4 is 9.50 Å². The van der Waals surface area contributed by atoms with Crippen molar-refractivity contribution < 1.29 is 12.6 Å². The lowest BCUT2D eigenvalue weighted by Gasteiger charge is -2.06. The minimum atomic E-state index is -2.88. The van der Waals surface area contributed by atoms with Gasteiger partial charge in [-0.2, -0.15) is 8.42 Å². The lowest BCUT2D eigenvalue weighted by Crippen LogP contribution is -1.92. The molecule has 0 heterocycles. The number of thiol groups is 1. The van der Waals surface area contributed by atoms with E-state index in [9.17, 15) is 8.42 Å². The Morgan fingerprint density at radius 1 is 1.19 bits per heavy atom. The average Bonchev–Trinajstić information content (AvgIpc) is 2.28. The monoisotopic (exact) mass is 237 g/mol. The first-order valence-corrected chi connectivity index (χ1v) is 5.83. The summed E-state index contributed by atoms with van der Waals surface area (Å²) in [7, 11) is -1.05. The molecule has 0 spiro atoms. The predicted molar refractivity (Wildman–Crippen MR) is 64.4 cm³/mol. The SMILES string of the molecule is CNc1ccc2c(O[SH](=O)=O)cccc2c1. The Morgan fingerprint density at radius 2 is 2.00 bits per heavy atom. The van der Waals surface area contributed by atoms with E-state index in [1.165, 1.54) is 0 Å². The van der Waals surface area contributed by atoms with Crippen LogP contribution in [0.25, 0.3) is 10.8 Å². The smallest absolute Gasteiger partial charge is 0.299 e. The van der Waals surface area contributed by atoms with Gasteiger partial charge in [0.25, 0.3) is 11.0 Å². The molecule has 0 aromatic heterocycles. The summed E-state index contributed by atoms with van der Waals surface area (Å²) in [6.45, 7) is 0. The number of anilines is 1. The van der Waals surface area contributed by atoms with Gasteiger partial charge in [-0.05, 0) is 29.7 Å². The summed E-state index contributed by atoms with van der Waals surface area (Å²) < 4.78 is 25.8. The maximum atomic E-state index is 10.5. The summed E-state index contributed by atoms with van der Waals surface area (Å²) >= 11 is 0. The van der Waals surface area contributed by atoms with E-state index in [0.29, 0.717) is 5.75 Å². The van der Waals surface area contributed by atoms with Gasteiger partial charge in [0, 0.05) is 18.1 Å². The maximum Gasteiger partial charge on any atom is 0.299 e. The maximum absolute atomic E-state index is 10.5. The van der Waals surface area contributed by atoms with Crippen molar-refractivity contribution in [2.75, 3.05) is 12.4 Å². The molecule has 0 aliphatic heterocycles. The van der Waals surface area contributed by atoms with E-state index in [-0.39, 0.29) is 0 Å². The number of nitrogens with one attached hydrogen (secondary N) is 1. The van der Waals surface area contributed by atoms with Crippen molar-refractivity contribution in [3.8, 4) is 5.75 Å². The summed E-state index contributed by atoms with van der Waals surface area (Å²) in [5, 5.41) is 4.73. The minimum Gasteiger partial charge on any atom is -0.388 e. The zero-order chi connectivity index (χ0) is 11.5. The molecule has 0 atom stereocenters. The van der Waals surface area contributed by atoms with Crippen molar-refractivity contribution in [1.82, 2.24) is 0 Å². The normalized spacial score (nSPS) is 10.6. The highest BCUT2D eigenvalue weighted by Gasteiger charge is 2.03. The molecule has 2 aromatic rings. The van der Waals surface area contributed by atoms with Crippen LogP contribution in [0.4, 0.5) is 5.69 Å². The lowest BCUT2D eigenvalue weighted by molar-refractivity contribution is 0.513. The van der Waals surface area contributed by atoms with Gasteiger partial charge >= 0.3 is 0 Å². The Bertz CT molecular complexity index is 585. The molecule has 2 aromatic carbocycles. The quantitative estimate of drug-likeness (QED) is 0.799. The predicted octanol–water partition coefficient (Wildman–Crippen LogP) is 1.79. The third-order valence-corrected chi connectivity index (χ3v) is 2.65. The molecule has 4 nitrogen and oxygen atoms in total. The molecule has 0 aliphatic carbocycles. The molecular formula is C11H11NO3S. The molecule has 0 amide bonds. The molecule has 5 heteroatoms. The van der Waals surface area contributed by atoms with E-state index in [0.717, 1.165) is 16.5 Å². The molecule has 84 valence electrons. The minimum absolute atomic E-state index is 0.358. The first-order valence-electron chi connectivity index (χ1n) is 4.73. The third kappa shape index (κ3) is 2.09. The summed E-state index contributed by atoms with van der Waals surface area (Å²) in [5.74, 6) is 0.358. The van der Waals surface area contributed by atoms with E-state index in [2.05, 4.69) is 5.32 Å². The zero-order valence-corrected chi connectivity index (χ0v) is 9.53. The fourth-order valence-electron chi connectivity index (χ4n) is 1.57. The van der Waals surface area contributed by atoms with Crippen LogP contribution in [-0.4, -0.2) is 15.5 Å². The summed E-state index contributed by atoms with van der Waals surface area (Å²) in [6.07, 6.45) is 0. The van der Waals surface area contributed by atoms with Gasteiger partial charge in [0.15, 0.2) is 0 Å². The highest BCUT2D eigenvalue weighted by atomic mass is 32.2. The van der Waals surface area contributed by atoms with Gasteiger partial charge in [-0.1, -0.05) is 12.1 Å². The third-order valence-electron chi connectivity index (χ3n) is 2.30. The standard InChI is InChI=1S/C11H11NO3S/c1-12-9-5-6-10-8(7-9)3-2-4-11(10)15-16(13)14/h2-7,12,16H,1H3. The molecule has 16 heavy (non-hydrogen) atoms. The second-order valence-electron chi connectivity index (χ2n) is 3.26. The molecule has 0 saturated carbocycles. The first kappa shape index (κ1) is 10.8. The number of fused-ring (bicyclic) bond motifs is 1. The number of rotatable bonds is 3. The van der Waals surface area contributed by atoms with E-state index >= 15 is 0 Å². The second-order valence-corrected chi connectivity index (χ2v) is 3.89. The first-order chi connectivity index (χ1) is 7.70. The molecular weight excluding hydrogens is 226 g/mol. The van der Waals surface area contributed by atoms with E-state index in [1.54, 1.807) is 12.1 Å². The molecule has 1 N–H and O–H groups in total. The molecule has 0 radical (unpaired) electrons. The zero-order valence-electron chi connectivity index (χ0n) is 8.64. The molecule has 2 rings (SSSR count). The van der Waals surface area contributed by atoms with E-state index < -0.39 is 11.0 Å². The number of benzene rings is 2. The van der Waals surface area contributed by atoms with Crippen LogP contribution in [0.15, 0.2) is 36.4 Å². The van der Waals surface area contributed by atoms with E-state index in [1.807, 2.05) is 31.3 Å². The van der Waals surface area contributed by atoms with Crippen LogP contribution in [0.1, 0.15) is 0 Å². The summed E-state index contributed by atoms with van der Waals surface area (Å²) in [5.41, 5.74) is 0.969. The van der Waals surface area contributed by atoms with E-state index in [4.69, 9.17) is 4.18 Å². The van der Waals surface area contributed by atoms with Crippen LogP contribution in [0.2, 0.25) is 0 Å². The van der Waals surface area contributed by atoms with Crippen LogP contribution in [0.3, 0.4) is 0 Å². The molecule has 0 fully saturated rings. The van der Waals surface area contributed by atoms with Gasteiger partial charge < -0.3 is 9.50 Å². The van der Waals surface area contributed by atoms with Crippen molar-refractivity contribution in [1.29, 1.82) is 0 Å². The Hall–Kier alpha value is -1.75. The van der Waals surface area contributed by atoms with Crippen molar-refractivity contribution in [3.63, 3.8) is 0 Å². The van der Waals surface area contributed by atoms with Crippen molar-refractivity contribution >= 4 is 27.4 Å². The van der Waals surface area contributed by atoms with Gasteiger partial charge in [0.05, 0.1) is 0 Å². The highest BCUT2D eigenvalue weighted by molar-refractivity contribution is 7.67. The molecule has 0 saturated heterocycles. The molecule has 0 unspecified atom stereocenters. The highest BCUT2D eigenvalue weighted by Crippen LogP contribution is 2.27. The Balaban J connectivity index is 2.59. The average molecular weight is 237 g/mol. The Morgan fingerprint density at radius 3 is 2.69 bits per heavy atom. The Labute approximate surface area is 95.0 Å². The van der Waals surface area contributed by atoms with Gasteiger partial charge in [0.1, 0.15) is 5.75 Å². The Kier molecular flexibility index (Phi) is 2.96. The second kappa shape index (κ2) is 4.40. The van der Waals surface area contributed by atoms with Crippen LogP contribution >= 0.6 is 0 Å². The largest absolute Gasteiger partial charge is 0.388 e. The molecule has 0 bridgehead atoms. The van der Waals surface area contributed by atoms with Gasteiger partial charge in [-0.25, -0.2) is 0 Å². The molecule has 0 aliphatic rings. The van der Waals surface area contributed by atoms with Crippen molar-refractivity contribution in [2.24, 2.45) is 0 Å². The summed E-state index contributed by atoms with van der Waals surface area (Å²) in [4.78, 5) is 0. The van der Waals surface area contributed by atoms with Crippen LogP contribution in [0.5, 0.6) is 5.75 Å². The van der Waals surface area contributed by atoms with Crippen molar-refractivity contribution in [3.05, 3.63) is 36.4 Å². The fraction of sp³-hybridized carbons (Fsp3) is 0.0909. The number of hydrogen-bond acceptors (Lipinski definition) is 4. The fourth-order valence-corrected chi connectivity index (χ4v) is 1.89. The lowest BCUT2D eigenvalue weighted by atomic mass is 10.1. The van der Waals surface area contributed by atoms with Gasteiger partial charge in [0.2, 0.25) is 0 Å². The van der Waals surface area contributed by atoms with Gasteiger partial charge in [-0.15, -0.1) is 0 Å².